The molecule has 1 amide bonds. The highest BCUT2D eigenvalue weighted by Crippen LogP contribution is 2.33. The summed E-state index contributed by atoms with van der Waals surface area (Å²) in [5.74, 6) is 0.883. The molecule has 2 aromatic rings. The van der Waals surface area contributed by atoms with Crippen molar-refractivity contribution in [3.05, 3.63) is 79.4 Å². The van der Waals surface area contributed by atoms with Crippen LogP contribution in [0.15, 0.2) is 78.7 Å². The molecule has 0 aliphatic carbocycles. The Morgan fingerprint density at radius 3 is 2.52 bits per heavy atom. The van der Waals surface area contributed by atoms with Crippen LogP contribution in [0.3, 0.4) is 0 Å². The summed E-state index contributed by atoms with van der Waals surface area (Å²) in [5, 5.41) is 17.8. The summed E-state index contributed by atoms with van der Waals surface area (Å²) in [6, 6.07) is 12.4. The van der Waals surface area contributed by atoms with Crippen LogP contribution in [0.4, 0.5) is 4.79 Å². The smallest absolute Gasteiger partial charge is 0.407 e. The minimum Gasteiger partial charge on any atom is -0.497 e. The quantitative estimate of drug-likeness (QED) is 0.148. The van der Waals surface area contributed by atoms with E-state index in [0.717, 1.165) is 5.56 Å². The van der Waals surface area contributed by atoms with Gasteiger partial charge in [-0.05, 0) is 60.7 Å². The maximum absolute atomic E-state index is 13.8. The van der Waals surface area contributed by atoms with Gasteiger partial charge in [0.1, 0.15) is 17.6 Å². The largest absolute Gasteiger partial charge is 0.497 e. The zero-order chi connectivity index (χ0) is 34.7. The molecule has 2 saturated heterocycles. The maximum Gasteiger partial charge on any atom is 0.407 e. The third-order valence-corrected chi connectivity index (χ3v) is 10.1. The summed E-state index contributed by atoms with van der Waals surface area (Å²) in [4.78, 5) is 13.5. The van der Waals surface area contributed by atoms with E-state index in [2.05, 4.69) is 23.8 Å². The molecule has 6 atom stereocenters. The second-order valence-electron chi connectivity index (χ2n) is 12.3. The van der Waals surface area contributed by atoms with Crippen LogP contribution in [-0.2, 0) is 30.7 Å². The van der Waals surface area contributed by atoms with Gasteiger partial charge in [0.25, 0.3) is 0 Å². The van der Waals surface area contributed by atoms with Crippen LogP contribution >= 0.6 is 0 Å². The predicted octanol–water partition coefficient (Wildman–Crippen LogP) is 3.51. The molecular weight excluding hydrogens is 638 g/mol. The van der Waals surface area contributed by atoms with Crippen LogP contribution in [0, 0.1) is 11.8 Å². The van der Waals surface area contributed by atoms with E-state index in [1.807, 2.05) is 38.1 Å². The SMILES string of the molecule is C=CCCOc1cccc(C[C@H](NC(=O)O[C@H]2CO[C@H]3OC[C@H](NCC=C)[C@H]32)[C@H](O)CN(CC(C)C)S(=O)(=O)c2ccc(OC)cc2)c1. The van der Waals surface area contributed by atoms with E-state index in [-0.39, 0.29) is 48.9 Å². The van der Waals surface area contributed by atoms with Crippen molar-refractivity contribution in [2.75, 3.05) is 46.6 Å². The van der Waals surface area contributed by atoms with Crippen LogP contribution in [0.1, 0.15) is 25.8 Å². The topological polar surface area (TPSA) is 145 Å². The van der Waals surface area contributed by atoms with Crippen LogP contribution in [0.5, 0.6) is 11.5 Å². The Hall–Kier alpha value is -3.46. The summed E-state index contributed by atoms with van der Waals surface area (Å²) < 4.78 is 57.2. The van der Waals surface area contributed by atoms with Gasteiger partial charge in [0.2, 0.25) is 10.0 Å². The molecule has 0 aromatic heterocycles. The van der Waals surface area contributed by atoms with Crippen LogP contribution in [0.25, 0.3) is 0 Å². The van der Waals surface area contributed by atoms with E-state index in [1.165, 1.54) is 23.5 Å². The first-order chi connectivity index (χ1) is 23.0. The van der Waals surface area contributed by atoms with Gasteiger partial charge < -0.3 is 39.4 Å². The first-order valence-corrected chi connectivity index (χ1v) is 17.7. The van der Waals surface area contributed by atoms with Gasteiger partial charge in [0.15, 0.2) is 6.29 Å². The number of fused-ring (bicyclic) bond motifs is 1. The molecule has 12 nitrogen and oxygen atoms in total. The average molecular weight is 688 g/mol. The molecule has 0 radical (unpaired) electrons. The number of sulfonamides is 1. The van der Waals surface area contributed by atoms with Crippen molar-refractivity contribution >= 4 is 16.1 Å². The second-order valence-corrected chi connectivity index (χ2v) is 14.3. The fourth-order valence-electron chi connectivity index (χ4n) is 5.84. The number of hydrogen-bond acceptors (Lipinski definition) is 10. The van der Waals surface area contributed by atoms with Gasteiger partial charge in [-0.25, -0.2) is 13.2 Å². The molecule has 0 saturated carbocycles. The number of nitrogens with one attached hydrogen (secondary N) is 2. The fourth-order valence-corrected chi connectivity index (χ4v) is 7.46. The molecule has 2 aliphatic rings. The molecule has 0 bridgehead atoms. The summed E-state index contributed by atoms with van der Waals surface area (Å²) >= 11 is 0. The number of aliphatic hydroxyl groups is 1. The standard InChI is InChI=1S/C35H49N3O9S/c1-6-8-17-44-27-11-9-10-25(18-27)19-29(37-35(40)47-32-23-46-34-33(32)30(22-45-34)36-16-7-2)31(39)21-38(20-24(3)4)48(41,42)28-14-12-26(43-5)13-15-28/h6-7,9-15,18,24,29-34,36,39H,1-2,8,16-17,19-23H2,3-5H3,(H,37,40)/t29-,30-,31+,32-,33-,34+/m0/s1. The molecule has 2 aliphatic heterocycles. The highest BCUT2D eigenvalue weighted by Gasteiger charge is 2.49. The van der Waals surface area contributed by atoms with Gasteiger partial charge in [-0.3, -0.25) is 0 Å². The van der Waals surface area contributed by atoms with E-state index >= 15 is 0 Å². The summed E-state index contributed by atoms with van der Waals surface area (Å²) in [6.07, 6.45) is 1.21. The van der Waals surface area contributed by atoms with E-state index in [0.29, 0.717) is 37.7 Å². The van der Waals surface area contributed by atoms with E-state index < -0.39 is 40.7 Å². The van der Waals surface area contributed by atoms with Gasteiger partial charge in [-0.1, -0.05) is 38.1 Å². The Labute approximate surface area is 284 Å². The number of aliphatic hydroxyl groups excluding tert-OH is 1. The molecule has 48 heavy (non-hydrogen) atoms. The van der Waals surface area contributed by atoms with Crippen molar-refractivity contribution in [3.63, 3.8) is 0 Å². The lowest BCUT2D eigenvalue weighted by Crippen LogP contribution is -2.52. The van der Waals surface area contributed by atoms with E-state index in [9.17, 15) is 18.3 Å². The highest BCUT2D eigenvalue weighted by atomic mass is 32.2. The zero-order valence-corrected chi connectivity index (χ0v) is 28.8. The van der Waals surface area contributed by atoms with Gasteiger partial charge in [0.05, 0.1) is 49.9 Å². The van der Waals surface area contributed by atoms with Crippen LogP contribution < -0.4 is 20.1 Å². The monoisotopic (exact) mass is 687 g/mol. The predicted molar refractivity (Wildman–Crippen MR) is 181 cm³/mol. The highest BCUT2D eigenvalue weighted by molar-refractivity contribution is 7.89. The first-order valence-electron chi connectivity index (χ1n) is 16.2. The number of nitrogens with zero attached hydrogens (tertiary/aromatic N) is 1. The average Bonchev–Trinajstić information content (AvgIpc) is 3.66. The molecule has 2 fully saturated rings. The van der Waals surface area contributed by atoms with Crippen LogP contribution in [-0.4, -0.2) is 101 Å². The Bertz CT molecular complexity index is 1450. The number of carbonyl (C=O) groups is 1. The van der Waals surface area contributed by atoms with Crippen molar-refractivity contribution in [1.82, 2.24) is 14.9 Å². The Kier molecular flexibility index (Phi) is 13.9. The summed E-state index contributed by atoms with van der Waals surface area (Å²) in [5.41, 5.74) is 0.769. The van der Waals surface area contributed by atoms with Crippen LogP contribution in [0.2, 0.25) is 0 Å². The Morgan fingerprint density at radius 1 is 1.08 bits per heavy atom. The summed E-state index contributed by atoms with van der Waals surface area (Å²) in [7, 11) is -2.51. The number of alkyl carbamates (subject to hydrolysis) is 1. The molecular formula is C35H49N3O9S. The molecule has 0 spiro atoms. The van der Waals surface area contributed by atoms with Gasteiger partial charge in [0, 0.05) is 25.7 Å². The van der Waals surface area contributed by atoms with Crippen molar-refractivity contribution in [3.8, 4) is 11.5 Å². The van der Waals surface area contributed by atoms with Gasteiger partial charge in [-0.2, -0.15) is 4.31 Å². The summed E-state index contributed by atoms with van der Waals surface area (Å²) in [6.45, 7) is 12.7. The minimum absolute atomic E-state index is 0.0439. The number of ether oxygens (including phenoxy) is 5. The third-order valence-electron chi connectivity index (χ3n) is 8.22. The number of rotatable bonds is 19. The Balaban J connectivity index is 1.55. The first kappa shape index (κ1) is 37.4. The van der Waals surface area contributed by atoms with E-state index in [1.54, 1.807) is 24.3 Å². The molecule has 2 aromatic carbocycles. The number of carbonyl (C=O) groups excluding carboxylic acids is 1. The zero-order valence-electron chi connectivity index (χ0n) is 28.0. The van der Waals surface area contributed by atoms with Crippen molar-refractivity contribution in [2.24, 2.45) is 11.8 Å². The number of amides is 1. The lowest BCUT2D eigenvalue weighted by atomic mass is 9.98. The van der Waals surface area contributed by atoms with Crippen molar-refractivity contribution in [1.29, 1.82) is 0 Å². The second kappa shape index (κ2) is 17.8. The van der Waals surface area contributed by atoms with Crippen molar-refractivity contribution in [2.45, 2.75) is 62.2 Å². The molecule has 3 N–H and O–H groups in total. The molecule has 13 heteroatoms. The van der Waals surface area contributed by atoms with Gasteiger partial charge in [-0.15, -0.1) is 13.2 Å². The van der Waals surface area contributed by atoms with E-state index in [4.69, 9.17) is 23.7 Å². The molecule has 264 valence electrons. The number of methoxy groups -OCH3 is 1. The molecule has 2 heterocycles. The molecule has 0 unspecified atom stereocenters. The van der Waals surface area contributed by atoms with Crippen molar-refractivity contribution < 1.29 is 42.0 Å². The minimum atomic E-state index is -4.01. The maximum atomic E-state index is 13.8. The lowest BCUT2D eigenvalue weighted by Gasteiger charge is -2.31. The lowest BCUT2D eigenvalue weighted by molar-refractivity contribution is -0.0908. The third kappa shape index (κ3) is 10.0. The van der Waals surface area contributed by atoms with Gasteiger partial charge >= 0.3 is 6.09 Å². The number of benzene rings is 2. The number of hydrogen-bond donors (Lipinski definition) is 3. The Morgan fingerprint density at radius 2 is 1.83 bits per heavy atom. The normalized spacial score (nSPS) is 21.8. The fraction of sp³-hybridized carbons (Fsp3) is 0.514. The molecule has 4 rings (SSSR count).